The lowest BCUT2D eigenvalue weighted by atomic mass is 10.1. The third kappa shape index (κ3) is 2.21. The van der Waals surface area contributed by atoms with Crippen LogP contribution in [-0.4, -0.2) is 11.7 Å². The summed E-state index contributed by atoms with van der Waals surface area (Å²) in [6, 6.07) is 13.2. The second kappa shape index (κ2) is 5.14. The van der Waals surface area contributed by atoms with Gasteiger partial charge in [-0.2, -0.15) is 0 Å². The number of amides is 1. The number of Topliss-reactive ketones (excluding diaryl/α,β-unsaturated/α-hetero) is 1. The van der Waals surface area contributed by atoms with E-state index in [9.17, 15) is 9.59 Å². The molecule has 0 spiro atoms. The Morgan fingerprint density at radius 1 is 1.00 bits per heavy atom. The topological polar surface area (TPSA) is 37.4 Å². The molecule has 0 atom stereocenters. The number of carbonyl (C=O) groups is 2. The van der Waals surface area contributed by atoms with E-state index < -0.39 is 11.7 Å². The number of carbonyl (C=O) groups excluding carboxylic acids is 2. The van der Waals surface area contributed by atoms with Gasteiger partial charge in [-0.25, -0.2) is 0 Å². The SMILES string of the molecule is O=C1C(=O)N(Cc2ccccc2)c2cc(Br)cc(Br)c21. The van der Waals surface area contributed by atoms with Crippen molar-refractivity contribution in [2.45, 2.75) is 6.54 Å². The summed E-state index contributed by atoms with van der Waals surface area (Å²) < 4.78 is 1.46. The summed E-state index contributed by atoms with van der Waals surface area (Å²) >= 11 is 6.74. The summed E-state index contributed by atoms with van der Waals surface area (Å²) in [5, 5.41) is 0. The van der Waals surface area contributed by atoms with Crippen LogP contribution >= 0.6 is 31.9 Å². The van der Waals surface area contributed by atoms with Crippen molar-refractivity contribution < 1.29 is 9.59 Å². The number of anilines is 1. The Balaban J connectivity index is 2.06. The van der Waals surface area contributed by atoms with E-state index >= 15 is 0 Å². The fourth-order valence-electron chi connectivity index (χ4n) is 2.26. The van der Waals surface area contributed by atoms with Gasteiger partial charge in [-0.05, 0) is 33.6 Å². The third-order valence-corrected chi connectivity index (χ3v) is 4.26. The molecular formula is C15H9Br2NO2. The molecule has 1 aliphatic heterocycles. The molecule has 5 heteroatoms. The number of benzene rings is 2. The Morgan fingerprint density at radius 3 is 2.40 bits per heavy atom. The van der Waals surface area contributed by atoms with Crippen LogP contribution in [0.2, 0.25) is 0 Å². The van der Waals surface area contributed by atoms with Crippen molar-refractivity contribution in [2.24, 2.45) is 0 Å². The van der Waals surface area contributed by atoms with Gasteiger partial charge in [0.1, 0.15) is 0 Å². The Morgan fingerprint density at radius 2 is 1.70 bits per heavy atom. The summed E-state index contributed by atoms with van der Waals surface area (Å²) in [7, 11) is 0. The van der Waals surface area contributed by atoms with Crippen molar-refractivity contribution in [3.8, 4) is 0 Å². The van der Waals surface area contributed by atoms with Crippen LogP contribution in [0.5, 0.6) is 0 Å². The average molecular weight is 395 g/mol. The van der Waals surface area contributed by atoms with Crippen molar-refractivity contribution in [1.82, 2.24) is 0 Å². The predicted molar refractivity (Wildman–Crippen MR) is 83.8 cm³/mol. The van der Waals surface area contributed by atoms with Gasteiger partial charge in [-0.3, -0.25) is 9.59 Å². The molecule has 3 nitrogen and oxygen atoms in total. The number of nitrogens with zero attached hydrogens (tertiary/aromatic N) is 1. The molecule has 0 N–H and O–H groups in total. The number of rotatable bonds is 2. The van der Waals surface area contributed by atoms with Gasteiger partial charge in [0.25, 0.3) is 11.7 Å². The van der Waals surface area contributed by atoms with Crippen molar-refractivity contribution in [1.29, 1.82) is 0 Å². The van der Waals surface area contributed by atoms with E-state index in [1.165, 1.54) is 4.90 Å². The van der Waals surface area contributed by atoms with Gasteiger partial charge in [-0.1, -0.05) is 46.3 Å². The van der Waals surface area contributed by atoms with Crippen molar-refractivity contribution in [2.75, 3.05) is 4.90 Å². The average Bonchev–Trinajstić information content (AvgIpc) is 2.65. The van der Waals surface area contributed by atoms with Crippen LogP contribution in [0, 0.1) is 0 Å². The molecule has 0 fully saturated rings. The number of halogens is 2. The van der Waals surface area contributed by atoms with Crippen LogP contribution < -0.4 is 4.90 Å². The molecule has 0 saturated heterocycles. The Kier molecular flexibility index (Phi) is 3.48. The van der Waals surface area contributed by atoms with Crippen LogP contribution in [0.25, 0.3) is 0 Å². The largest absolute Gasteiger partial charge is 0.300 e. The highest BCUT2D eigenvalue weighted by Crippen LogP contribution is 2.38. The van der Waals surface area contributed by atoms with E-state index in [0.717, 1.165) is 10.0 Å². The predicted octanol–water partition coefficient (Wildman–Crippen LogP) is 3.94. The fraction of sp³-hybridized carbons (Fsp3) is 0.0667. The van der Waals surface area contributed by atoms with Crippen molar-refractivity contribution >= 4 is 49.2 Å². The molecule has 0 aromatic heterocycles. The quantitative estimate of drug-likeness (QED) is 0.723. The van der Waals surface area contributed by atoms with Gasteiger partial charge >= 0.3 is 0 Å². The molecule has 0 saturated carbocycles. The van der Waals surface area contributed by atoms with Crippen molar-refractivity contribution in [3.63, 3.8) is 0 Å². The van der Waals surface area contributed by atoms with E-state index in [2.05, 4.69) is 31.9 Å². The molecule has 1 aliphatic rings. The second-order valence-corrected chi connectivity index (χ2v) is 6.26. The lowest BCUT2D eigenvalue weighted by Crippen LogP contribution is -2.29. The monoisotopic (exact) mass is 393 g/mol. The maximum Gasteiger partial charge on any atom is 0.299 e. The highest BCUT2D eigenvalue weighted by molar-refractivity contribution is 9.11. The zero-order valence-electron chi connectivity index (χ0n) is 10.3. The molecular weight excluding hydrogens is 386 g/mol. The molecule has 2 aromatic carbocycles. The molecule has 0 aliphatic carbocycles. The number of fused-ring (bicyclic) bond motifs is 1. The number of ketones is 1. The number of hydrogen-bond acceptors (Lipinski definition) is 2. The van der Waals surface area contributed by atoms with Crippen molar-refractivity contribution in [3.05, 3.63) is 62.5 Å². The normalized spacial score (nSPS) is 13.8. The van der Waals surface area contributed by atoms with Crippen LogP contribution in [-0.2, 0) is 11.3 Å². The maximum absolute atomic E-state index is 12.2. The minimum absolute atomic E-state index is 0.390. The molecule has 1 amide bonds. The van der Waals surface area contributed by atoms with Crippen LogP contribution in [0.3, 0.4) is 0 Å². The summed E-state index contributed by atoms with van der Waals surface area (Å²) in [4.78, 5) is 25.8. The Hall–Kier alpha value is -1.46. The maximum atomic E-state index is 12.2. The Bertz CT molecular complexity index is 713. The minimum atomic E-state index is -0.484. The first-order chi connectivity index (χ1) is 9.58. The smallest absolute Gasteiger partial charge is 0.299 e. The lowest BCUT2D eigenvalue weighted by molar-refractivity contribution is -0.114. The van der Waals surface area contributed by atoms with Crippen LogP contribution in [0.4, 0.5) is 5.69 Å². The summed E-state index contributed by atoms with van der Waals surface area (Å²) in [5.41, 5.74) is 2.07. The van der Waals surface area contributed by atoms with E-state index in [0.29, 0.717) is 22.3 Å². The first-order valence-electron chi connectivity index (χ1n) is 5.97. The first-order valence-corrected chi connectivity index (χ1v) is 7.55. The zero-order valence-corrected chi connectivity index (χ0v) is 13.4. The first kappa shape index (κ1) is 13.5. The zero-order chi connectivity index (χ0) is 14.3. The standard InChI is InChI=1S/C15H9Br2NO2/c16-10-6-11(17)13-12(7-10)18(15(20)14(13)19)8-9-4-2-1-3-5-9/h1-7H,8H2. The minimum Gasteiger partial charge on any atom is -0.300 e. The van der Waals surface area contributed by atoms with E-state index in [-0.39, 0.29) is 0 Å². The van der Waals surface area contributed by atoms with E-state index in [1.807, 2.05) is 30.3 Å². The lowest BCUT2D eigenvalue weighted by Gasteiger charge is -2.17. The van der Waals surface area contributed by atoms with E-state index in [4.69, 9.17) is 0 Å². The Labute approximate surface area is 132 Å². The number of hydrogen-bond donors (Lipinski definition) is 0. The fourth-order valence-corrected chi connectivity index (χ4v) is 3.64. The second-order valence-electron chi connectivity index (χ2n) is 4.49. The third-order valence-electron chi connectivity index (χ3n) is 3.17. The molecule has 0 bridgehead atoms. The van der Waals surface area contributed by atoms with Gasteiger partial charge in [0, 0.05) is 8.95 Å². The molecule has 20 heavy (non-hydrogen) atoms. The molecule has 1 heterocycles. The van der Waals surface area contributed by atoms with Gasteiger partial charge in [0.2, 0.25) is 0 Å². The van der Waals surface area contributed by atoms with Gasteiger partial charge in [0.15, 0.2) is 0 Å². The van der Waals surface area contributed by atoms with Gasteiger partial charge in [-0.15, -0.1) is 0 Å². The van der Waals surface area contributed by atoms with E-state index in [1.54, 1.807) is 12.1 Å². The molecule has 100 valence electrons. The summed E-state index contributed by atoms with van der Waals surface area (Å²) in [6.45, 7) is 0.390. The van der Waals surface area contributed by atoms with Gasteiger partial charge < -0.3 is 4.90 Å². The van der Waals surface area contributed by atoms with Crippen LogP contribution in [0.1, 0.15) is 15.9 Å². The molecule has 2 aromatic rings. The summed E-state index contributed by atoms with van der Waals surface area (Å²) in [6.07, 6.45) is 0. The van der Waals surface area contributed by atoms with Gasteiger partial charge in [0.05, 0.1) is 17.8 Å². The molecule has 0 radical (unpaired) electrons. The molecule has 3 rings (SSSR count). The van der Waals surface area contributed by atoms with Crippen LogP contribution in [0.15, 0.2) is 51.4 Å². The molecule has 0 unspecified atom stereocenters. The highest BCUT2D eigenvalue weighted by Gasteiger charge is 2.37. The highest BCUT2D eigenvalue weighted by atomic mass is 79.9. The summed E-state index contributed by atoms with van der Waals surface area (Å²) in [5.74, 6) is -0.946.